The largest absolute Gasteiger partial charge is 0.459 e. The van der Waals surface area contributed by atoms with Crippen LogP contribution in [-0.2, 0) is 9.53 Å². The lowest BCUT2D eigenvalue weighted by Crippen LogP contribution is -2.49. The van der Waals surface area contributed by atoms with Crippen LogP contribution in [0.25, 0.3) is 0 Å². The van der Waals surface area contributed by atoms with Crippen molar-refractivity contribution in [3.8, 4) is 0 Å². The van der Waals surface area contributed by atoms with Crippen molar-refractivity contribution in [2.45, 2.75) is 50.7 Å². The van der Waals surface area contributed by atoms with Crippen molar-refractivity contribution >= 4 is 5.97 Å². The molecule has 3 atom stereocenters. The molecule has 0 heterocycles. The van der Waals surface area contributed by atoms with Gasteiger partial charge in [-0.25, -0.2) is 0 Å². The summed E-state index contributed by atoms with van der Waals surface area (Å²) in [4.78, 5) is 12.4. The summed E-state index contributed by atoms with van der Waals surface area (Å²) in [5.41, 5.74) is 5.87. The second kappa shape index (κ2) is 5.78. The van der Waals surface area contributed by atoms with Gasteiger partial charge in [-0.15, -0.1) is 0 Å². The fraction of sp³-hybridized carbons (Fsp3) is 0.588. The van der Waals surface area contributed by atoms with Crippen molar-refractivity contribution in [1.29, 1.82) is 0 Å². The van der Waals surface area contributed by atoms with Crippen molar-refractivity contribution in [1.82, 2.24) is 0 Å². The number of ether oxygens (including phenoxy) is 1. The summed E-state index contributed by atoms with van der Waals surface area (Å²) in [5, 5.41) is 9.64. The molecule has 1 aliphatic carbocycles. The van der Waals surface area contributed by atoms with E-state index in [2.05, 4.69) is 0 Å². The maximum atomic E-state index is 12.4. The predicted octanol–water partition coefficient (Wildman–Crippen LogP) is 2.21. The highest BCUT2D eigenvalue weighted by Crippen LogP contribution is 2.44. The summed E-state index contributed by atoms with van der Waals surface area (Å²) >= 11 is 0. The van der Waals surface area contributed by atoms with Crippen molar-refractivity contribution in [3.05, 3.63) is 35.9 Å². The van der Waals surface area contributed by atoms with E-state index in [-0.39, 0.29) is 24.4 Å². The minimum Gasteiger partial charge on any atom is -0.459 e. The van der Waals surface area contributed by atoms with E-state index in [1.165, 1.54) is 0 Å². The van der Waals surface area contributed by atoms with Crippen LogP contribution >= 0.6 is 0 Å². The molecule has 21 heavy (non-hydrogen) atoms. The van der Waals surface area contributed by atoms with Crippen LogP contribution in [0.1, 0.15) is 45.1 Å². The predicted molar refractivity (Wildman–Crippen MR) is 81.8 cm³/mol. The Morgan fingerprint density at radius 1 is 1.33 bits per heavy atom. The molecular formula is C17H25NO3. The number of hydrogen-bond donors (Lipinski definition) is 2. The summed E-state index contributed by atoms with van der Waals surface area (Å²) < 4.78 is 5.46. The fourth-order valence-electron chi connectivity index (χ4n) is 3.08. The molecule has 0 radical (unpaired) electrons. The molecule has 0 spiro atoms. The van der Waals surface area contributed by atoms with Gasteiger partial charge in [-0.1, -0.05) is 30.3 Å². The van der Waals surface area contributed by atoms with Gasteiger partial charge in [0.25, 0.3) is 0 Å². The third kappa shape index (κ3) is 3.63. The molecule has 1 aliphatic rings. The molecule has 0 bridgehead atoms. The maximum absolute atomic E-state index is 12.4. The Bertz CT molecular complexity index is 495. The van der Waals surface area contributed by atoms with Crippen LogP contribution < -0.4 is 5.73 Å². The van der Waals surface area contributed by atoms with Crippen molar-refractivity contribution < 1.29 is 14.6 Å². The van der Waals surface area contributed by atoms with E-state index in [9.17, 15) is 9.90 Å². The van der Waals surface area contributed by atoms with Gasteiger partial charge in [0, 0.05) is 6.61 Å². The summed E-state index contributed by atoms with van der Waals surface area (Å²) in [6.45, 7) is 5.53. The first kappa shape index (κ1) is 16.0. The van der Waals surface area contributed by atoms with E-state index in [0.29, 0.717) is 12.8 Å². The van der Waals surface area contributed by atoms with Crippen LogP contribution in [0.5, 0.6) is 0 Å². The lowest BCUT2D eigenvalue weighted by molar-refractivity contribution is -0.161. The summed E-state index contributed by atoms with van der Waals surface area (Å²) in [6, 6.07) is 9.93. The molecule has 4 nitrogen and oxygen atoms in total. The Morgan fingerprint density at radius 2 is 1.95 bits per heavy atom. The number of aliphatic hydroxyl groups excluding tert-OH is 1. The van der Waals surface area contributed by atoms with E-state index < -0.39 is 11.1 Å². The number of rotatable bonds is 3. The first-order chi connectivity index (χ1) is 9.75. The minimum atomic E-state index is -1.01. The molecule has 0 aromatic heterocycles. The van der Waals surface area contributed by atoms with E-state index >= 15 is 0 Å². The third-order valence-electron chi connectivity index (χ3n) is 4.05. The Labute approximate surface area is 126 Å². The van der Waals surface area contributed by atoms with Crippen molar-refractivity contribution in [2.75, 3.05) is 6.61 Å². The number of hydrogen-bond acceptors (Lipinski definition) is 4. The smallest absolute Gasteiger partial charge is 0.326 e. The molecule has 1 aromatic carbocycles. The molecule has 1 saturated carbocycles. The minimum absolute atomic E-state index is 0.00933. The van der Waals surface area contributed by atoms with Gasteiger partial charge in [0.05, 0.1) is 0 Å². The van der Waals surface area contributed by atoms with Gasteiger partial charge in [-0.3, -0.25) is 4.79 Å². The van der Waals surface area contributed by atoms with Gasteiger partial charge in [0.2, 0.25) is 0 Å². The molecule has 3 N–H and O–H groups in total. The first-order valence-electron chi connectivity index (χ1n) is 7.43. The number of aliphatic hydroxyl groups is 1. The van der Waals surface area contributed by atoms with Gasteiger partial charge in [-0.05, 0) is 51.0 Å². The van der Waals surface area contributed by atoms with Gasteiger partial charge in [0.15, 0.2) is 0 Å². The van der Waals surface area contributed by atoms with Gasteiger partial charge < -0.3 is 15.6 Å². The van der Waals surface area contributed by atoms with E-state index in [4.69, 9.17) is 10.5 Å². The highest BCUT2D eigenvalue weighted by Gasteiger charge is 2.49. The number of benzene rings is 1. The third-order valence-corrected chi connectivity index (χ3v) is 4.05. The monoisotopic (exact) mass is 291 g/mol. The molecular weight excluding hydrogens is 266 g/mol. The average molecular weight is 291 g/mol. The lowest BCUT2D eigenvalue weighted by Gasteiger charge is -2.28. The second-order valence-electron chi connectivity index (χ2n) is 7.03. The molecule has 1 fully saturated rings. The number of carbonyl (C=O) groups excluding carboxylic acids is 1. The molecule has 4 heteroatoms. The highest BCUT2D eigenvalue weighted by molar-refractivity contribution is 5.81. The van der Waals surface area contributed by atoms with E-state index in [1.54, 1.807) is 0 Å². The van der Waals surface area contributed by atoms with Gasteiger partial charge in [-0.2, -0.15) is 0 Å². The number of carbonyl (C=O) groups is 1. The average Bonchev–Trinajstić information content (AvgIpc) is 2.77. The van der Waals surface area contributed by atoms with Crippen LogP contribution in [-0.4, -0.2) is 28.8 Å². The topological polar surface area (TPSA) is 72.5 Å². The molecule has 0 aliphatic heterocycles. The molecule has 2 rings (SSSR count). The summed E-state index contributed by atoms with van der Waals surface area (Å²) in [6.07, 6.45) is 0.967. The SMILES string of the molecule is CC(C)(C)OC(=O)C1(N)CC(CO)C(c2ccccc2)C1. The quantitative estimate of drug-likeness (QED) is 0.838. The molecule has 0 amide bonds. The molecule has 116 valence electrons. The zero-order valence-electron chi connectivity index (χ0n) is 13.0. The van der Waals surface area contributed by atoms with E-state index in [0.717, 1.165) is 5.56 Å². The maximum Gasteiger partial charge on any atom is 0.326 e. The van der Waals surface area contributed by atoms with Crippen LogP contribution in [0.2, 0.25) is 0 Å². The number of nitrogens with two attached hydrogens (primary N) is 1. The lowest BCUT2D eigenvalue weighted by atomic mass is 9.89. The zero-order chi connectivity index (χ0) is 15.7. The summed E-state index contributed by atoms with van der Waals surface area (Å²) in [5.74, 6) is -0.287. The second-order valence-corrected chi connectivity index (χ2v) is 7.03. The standard InChI is InChI=1S/C17H25NO3/c1-16(2,3)21-15(20)17(18)9-13(11-19)14(10-17)12-7-5-4-6-8-12/h4-8,13-14,19H,9-11,18H2,1-3H3. The number of esters is 1. The van der Waals surface area contributed by atoms with Gasteiger partial charge in [0.1, 0.15) is 11.1 Å². The molecule has 0 saturated heterocycles. The Balaban J connectivity index is 2.19. The van der Waals surface area contributed by atoms with Crippen molar-refractivity contribution in [3.63, 3.8) is 0 Å². The van der Waals surface area contributed by atoms with Crippen LogP contribution in [0, 0.1) is 5.92 Å². The summed E-state index contributed by atoms with van der Waals surface area (Å²) in [7, 11) is 0. The fourth-order valence-corrected chi connectivity index (χ4v) is 3.08. The van der Waals surface area contributed by atoms with Crippen LogP contribution in [0.15, 0.2) is 30.3 Å². The Kier molecular flexibility index (Phi) is 4.40. The van der Waals surface area contributed by atoms with Gasteiger partial charge >= 0.3 is 5.97 Å². The van der Waals surface area contributed by atoms with Crippen LogP contribution in [0.3, 0.4) is 0 Å². The molecule has 1 aromatic rings. The highest BCUT2D eigenvalue weighted by atomic mass is 16.6. The first-order valence-corrected chi connectivity index (χ1v) is 7.43. The Hall–Kier alpha value is -1.39. The Morgan fingerprint density at radius 3 is 2.48 bits per heavy atom. The molecule has 3 unspecified atom stereocenters. The zero-order valence-corrected chi connectivity index (χ0v) is 13.0. The van der Waals surface area contributed by atoms with Crippen LogP contribution in [0.4, 0.5) is 0 Å². The van der Waals surface area contributed by atoms with Crippen molar-refractivity contribution in [2.24, 2.45) is 11.7 Å². The van der Waals surface area contributed by atoms with E-state index in [1.807, 2.05) is 51.1 Å². The normalized spacial score (nSPS) is 29.4.